The molecule has 3 amide bonds. The molecule has 0 fully saturated rings. The number of aryl methyl sites for hydroxylation is 1. The molecule has 1 heterocycles. The van der Waals surface area contributed by atoms with Gasteiger partial charge in [0.2, 0.25) is 0 Å². The first-order valence-corrected chi connectivity index (χ1v) is 7.85. The molecule has 1 aliphatic carbocycles. The highest BCUT2D eigenvalue weighted by atomic mass is 32.1. The Morgan fingerprint density at radius 3 is 2.76 bits per heavy atom. The van der Waals surface area contributed by atoms with Crippen molar-refractivity contribution in [3.05, 3.63) is 57.8 Å². The maximum absolute atomic E-state index is 12.0. The van der Waals surface area contributed by atoms with Crippen molar-refractivity contribution >= 4 is 23.3 Å². The van der Waals surface area contributed by atoms with Crippen LogP contribution in [-0.2, 0) is 6.42 Å². The van der Waals surface area contributed by atoms with Gasteiger partial charge in [-0.15, -0.1) is 11.3 Å². The van der Waals surface area contributed by atoms with Gasteiger partial charge in [-0.25, -0.2) is 4.79 Å². The van der Waals surface area contributed by atoms with Crippen LogP contribution in [0.25, 0.3) is 0 Å². The molecule has 0 radical (unpaired) electrons. The summed E-state index contributed by atoms with van der Waals surface area (Å²) in [7, 11) is 0. The van der Waals surface area contributed by atoms with E-state index >= 15 is 0 Å². The van der Waals surface area contributed by atoms with Crippen molar-refractivity contribution in [2.24, 2.45) is 0 Å². The minimum atomic E-state index is -0.437. The van der Waals surface area contributed by atoms with Crippen LogP contribution in [0.15, 0.2) is 41.8 Å². The van der Waals surface area contributed by atoms with Gasteiger partial charge in [0.25, 0.3) is 5.91 Å². The van der Waals surface area contributed by atoms with Crippen LogP contribution < -0.4 is 10.6 Å². The van der Waals surface area contributed by atoms with E-state index in [4.69, 9.17) is 0 Å². The van der Waals surface area contributed by atoms with Gasteiger partial charge in [-0.3, -0.25) is 10.1 Å². The van der Waals surface area contributed by atoms with Gasteiger partial charge in [0.1, 0.15) is 0 Å². The van der Waals surface area contributed by atoms with Gasteiger partial charge in [0.15, 0.2) is 0 Å². The second kappa shape index (κ2) is 6.10. The Morgan fingerprint density at radius 2 is 1.95 bits per heavy atom. The van der Waals surface area contributed by atoms with E-state index in [2.05, 4.69) is 22.1 Å². The summed E-state index contributed by atoms with van der Waals surface area (Å²) in [5, 5.41) is 7.33. The van der Waals surface area contributed by atoms with Crippen molar-refractivity contribution in [3.8, 4) is 0 Å². The van der Waals surface area contributed by atoms with Crippen molar-refractivity contribution in [1.29, 1.82) is 0 Å². The fraction of sp³-hybridized carbons (Fsp3) is 0.250. The number of hydrogen-bond donors (Lipinski definition) is 2. The predicted octanol–water partition coefficient (Wildman–Crippen LogP) is 3.27. The monoisotopic (exact) mass is 300 g/mol. The maximum atomic E-state index is 12.0. The molecule has 4 nitrogen and oxygen atoms in total. The Balaban J connectivity index is 1.62. The number of urea groups is 1. The molecule has 0 saturated carbocycles. The molecule has 0 saturated heterocycles. The molecule has 2 N–H and O–H groups in total. The minimum Gasteiger partial charge on any atom is -0.331 e. The van der Waals surface area contributed by atoms with Gasteiger partial charge in [0, 0.05) is 10.4 Å². The number of hydrogen-bond acceptors (Lipinski definition) is 3. The molecule has 2 aromatic rings. The topological polar surface area (TPSA) is 58.2 Å². The van der Waals surface area contributed by atoms with Gasteiger partial charge < -0.3 is 5.32 Å². The molecule has 1 aliphatic rings. The number of amides is 3. The Bertz CT molecular complexity index is 651. The molecule has 21 heavy (non-hydrogen) atoms. The summed E-state index contributed by atoms with van der Waals surface area (Å²) in [6.07, 6.45) is 3.05. The van der Waals surface area contributed by atoms with Crippen molar-refractivity contribution in [2.75, 3.05) is 0 Å². The molecule has 0 spiro atoms. The van der Waals surface area contributed by atoms with E-state index in [-0.39, 0.29) is 11.9 Å². The van der Waals surface area contributed by atoms with E-state index in [1.165, 1.54) is 10.4 Å². The summed E-state index contributed by atoms with van der Waals surface area (Å²) >= 11 is 1.73. The largest absolute Gasteiger partial charge is 0.331 e. The van der Waals surface area contributed by atoms with Crippen molar-refractivity contribution in [2.45, 2.75) is 25.3 Å². The number of thiophene rings is 1. The molecule has 108 valence electrons. The predicted molar refractivity (Wildman–Crippen MR) is 82.4 cm³/mol. The Kier molecular flexibility index (Phi) is 4.01. The third kappa shape index (κ3) is 3.13. The van der Waals surface area contributed by atoms with Crippen molar-refractivity contribution < 1.29 is 9.59 Å². The van der Waals surface area contributed by atoms with Gasteiger partial charge in [-0.1, -0.05) is 18.2 Å². The lowest BCUT2D eigenvalue weighted by Gasteiger charge is -2.23. The average molecular weight is 300 g/mol. The molecule has 1 aromatic carbocycles. The first-order chi connectivity index (χ1) is 10.2. The fourth-order valence-corrected chi connectivity index (χ4v) is 3.58. The lowest BCUT2D eigenvalue weighted by atomic mass is 9.94. The third-order valence-corrected chi connectivity index (χ3v) is 4.62. The zero-order valence-electron chi connectivity index (χ0n) is 11.5. The number of carbonyl (C=O) groups excluding carboxylic acids is 2. The third-order valence-electron chi connectivity index (χ3n) is 3.62. The number of nitrogens with one attached hydrogen (secondary N) is 2. The smallest absolute Gasteiger partial charge is 0.322 e. The zero-order valence-corrected chi connectivity index (χ0v) is 12.3. The highest BCUT2D eigenvalue weighted by Gasteiger charge is 2.23. The first-order valence-electron chi connectivity index (χ1n) is 6.97. The van der Waals surface area contributed by atoms with Crippen LogP contribution in [0.5, 0.6) is 0 Å². The normalized spacial score (nSPS) is 16.9. The molecule has 1 unspecified atom stereocenters. The second-order valence-corrected chi connectivity index (χ2v) is 6.04. The second-order valence-electron chi connectivity index (χ2n) is 5.04. The van der Waals surface area contributed by atoms with Crippen LogP contribution >= 0.6 is 11.3 Å². The van der Waals surface area contributed by atoms with Crippen LogP contribution in [0.1, 0.15) is 39.7 Å². The lowest BCUT2D eigenvalue weighted by molar-refractivity contribution is 0.0963. The Labute approximate surface area is 127 Å². The number of imide groups is 1. The summed E-state index contributed by atoms with van der Waals surface area (Å²) in [5.74, 6) is -0.380. The summed E-state index contributed by atoms with van der Waals surface area (Å²) in [6, 6.07) is 10.4. The van der Waals surface area contributed by atoms with Crippen molar-refractivity contribution in [3.63, 3.8) is 0 Å². The van der Waals surface area contributed by atoms with Crippen LogP contribution in [0, 0.1) is 0 Å². The lowest BCUT2D eigenvalue weighted by Crippen LogP contribution is -2.41. The van der Waals surface area contributed by atoms with E-state index in [0.29, 0.717) is 5.56 Å². The van der Waals surface area contributed by atoms with Crippen molar-refractivity contribution in [1.82, 2.24) is 10.6 Å². The molecule has 3 rings (SSSR count). The van der Waals surface area contributed by atoms with Crippen LogP contribution in [0.4, 0.5) is 4.79 Å². The van der Waals surface area contributed by atoms with E-state index < -0.39 is 6.03 Å². The van der Waals surface area contributed by atoms with Crippen LogP contribution in [0.2, 0.25) is 0 Å². The van der Waals surface area contributed by atoms with E-state index in [1.54, 1.807) is 35.6 Å². The summed E-state index contributed by atoms with van der Waals surface area (Å²) in [4.78, 5) is 25.2. The molecule has 1 aromatic heterocycles. The highest BCUT2D eigenvalue weighted by molar-refractivity contribution is 7.10. The summed E-state index contributed by atoms with van der Waals surface area (Å²) < 4.78 is 0. The molecule has 5 heteroatoms. The number of fused-ring (bicyclic) bond motifs is 1. The molecular weight excluding hydrogens is 284 g/mol. The molecular formula is C16H16N2O2S. The Hall–Kier alpha value is -2.14. The fourth-order valence-electron chi connectivity index (χ4n) is 2.60. The van der Waals surface area contributed by atoms with Crippen LogP contribution in [-0.4, -0.2) is 11.9 Å². The zero-order chi connectivity index (χ0) is 14.7. The maximum Gasteiger partial charge on any atom is 0.322 e. The quantitative estimate of drug-likeness (QED) is 0.894. The number of benzene rings is 1. The minimum absolute atomic E-state index is 0.00331. The first kappa shape index (κ1) is 13.8. The molecule has 0 aliphatic heterocycles. The van der Waals surface area contributed by atoms with Gasteiger partial charge in [-0.05, 0) is 48.4 Å². The standard InChI is InChI=1S/C16H16N2O2S/c19-15(11-5-2-1-3-6-11)18-16(20)17-13-7-4-8-14-12(13)9-10-21-14/h1-3,5-6,9-10,13H,4,7-8H2,(H2,17,18,19,20). The SMILES string of the molecule is O=C(NC(=O)c1ccccc1)NC1CCCc2sccc21. The number of carbonyl (C=O) groups is 2. The average Bonchev–Trinajstić information content (AvgIpc) is 2.97. The van der Waals surface area contributed by atoms with E-state index in [1.807, 2.05) is 6.07 Å². The number of rotatable bonds is 2. The summed E-state index contributed by atoms with van der Waals surface area (Å²) in [5.41, 5.74) is 1.67. The molecule has 1 atom stereocenters. The van der Waals surface area contributed by atoms with Gasteiger partial charge in [0.05, 0.1) is 6.04 Å². The highest BCUT2D eigenvalue weighted by Crippen LogP contribution is 2.33. The van der Waals surface area contributed by atoms with Gasteiger partial charge in [-0.2, -0.15) is 0 Å². The van der Waals surface area contributed by atoms with E-state index in [9.17, 15) is 9.59 Å². The Morgan fingerprint density at radius 1 is 1.14 bits per heavy atom. The summed E-state index contributed by atoms with van der Waals surface area (Å²) in [6.45, 7) is 0. The van der Waals surface area contributed by atoms with Gasteiger partial charge >= 0.3 is 6.03 Å². The van der Waals surface area contributed by atoms with Crippen LogP contribution in [0.3, 0.4) is 0 Å². The van der Waals surface area contributed by atoms with E-state index in [0.717, 1.165) is 19.3 Å². The molecule has 0 bridgehead atoms.